The highest BCUT2D eigenvalue weighted by Gasteiger charge is 2.37. The van der Waals surface area contributed by atoms with Crippen molar-refractivity contribution >= 4 is 14.5 Å². The summed E-state index contributed by atoms with van der Waals surface area (Å²) in [5.74, 6) is 0. The number of ether oxygens (including phenoxy) is 2. The molecule has 1 aromatic carbocycles. The molecule has 0 aliphatic carbocycles. The van der Waals surface area contributed by atoms with Gasteiger partial charge in [-0.1, -0.05) is 51.1 Å². The fraction of sp³-hybridized carbons (Fsp3) is 0.500. The average Bonchev–Trinajstić information content (AvgIpc) is 2.45. The van der Waals surface area contributed by atoms with Gasteiger partial charge in [0.2, 0.25) is 8.32 Å². The van der Waals surface area contributed by atoms with Crippen LogP contribution in [0.1, 0.15) is 33.3 Å². The van der Waals surface area contributed by atoms with Gasteiger partial charge < -0.3 is 13.9 Å². The van der Waals surface area contributed by atoms with E-state index in [9.17, 15) is 4.79 Å². The number of carbonyl (C=O) groups excluding carboxylic acids is 1. The molecule has 4 nitrogen and oxygen atoms in total. The molecule has 0 radical (unpaired) electrons. The molecule has 0 saturated carbocycles. The number of carbonyl (C=O) groups is 1. The van der Waals surface area contributed by atoms with E-state index in [4.69, 9.17) is 13.9 Å². The molecule has 1 unspecified atom stereocenters. The van der Waals surface area contributed by atoms with E-state index in [0.717, 1.165) is 5.56 Å². The summed E-state index contributed by atoms with van der Waals surface area (Å²) >= 11 is 0. The van der Waals surface area contributed by atoms with Crippen LogP contribution < -0.4 is 0 Å². The minimum atomic E-state index is -1.83. The molecule has 0 aliphatic heterocycles. The summed E-state index contributed by atoms with van der Waals surface area (Å²) in [7, 11) is -1.83. The zero-order chi connectivity index (χ0) is 17.5. The number of rotatable bonds is 6. The predicted octanol–water partition coefficient (Wildman–Crippen LogP) is 5.26. The molecular formula is C18H28O4Si. The lowest BCUT2D eigenvalue weighted by atomic mass is 10.2. The van der Waals surface area contributed by atoms with Crippen LogP contribution in [0.2, 0.25) is 18.1 Å². The van der Waals surface area contributed by atoms with E-state index in [1.165, 1.54) is 0 Å². The van der Waals surface area contributed by atoms with Crippen LogP contribution in [-0.2, 0) is 20.5 Å². The Morgan fingerprint density at radius 1 is 1.22 bits per heavy atom. The Balaban J connectivity index is 2.36. The van der Waals surface area contributed by atoms with Crippen molar-refractivity contribution < 1.29 is 18.7 Å². The van der Waals surface area contributed by atoms with Gasteiger partial charge in [0.25, 0.3) is 0 Å². The van der Waals surface area contributed by atoms with E-state index in [1.54, 1.807) is 19.3 Å². The Hall–Kier alpha value is -1.75. The summed E-state index contributed by atoms with van der Waals surface area (Å²) in [6.45, 7) is 12.8. The topological polar surface area (TPSA) is 44.8 Å². The van der Waals surface area contributed by atoms with Crippen LogP contribution in [0, 0.1) is 0 Å². The Bertz CT molecular complexity index is 518. The van der Waals surface area contributed by atoms with Gasteiger partial charge in [0.15, 0.2) is 0 Å². The summed E-state index contributed by atoms with van der Waals surface area (Å²) in [5.41, 5.74) is 0.925. The van der Waals surface area contributed by atoms with Crippen LogP contribution >= 0.6 is 0 Å². The minimum Gasteiger partial charge on any atom is -0.549 e. The van der Waals surface area contributed by atoms with Crippen LogP contribution in [0.3, 0.4) is 0 Å². The van der Waals surface area contributed by atoms with E-state index in [1.807, 2.05) is 30.3 Å². The first kappa shape index (κ1) is 19.3. The number of hydrogen-bond acceptors (Lipinski definition) is 4. The van der Waals surface area contributed by atoms with Gasteiger partial charge in [0, 0.05) is 0 Å². The molecule has 1 aromatic rings. The third-order valence-corrected chi connectivity index (χ3v) is 8.34. The van der Waals surface area contributed by atoms with Gasteiger partial charge in [-0.25, -0.2) is 4.79 Å². The maximum Gasteiger partial charge on any atom is 0.509 e. The van der Waals surface area contributed by atoms with Crippen molar-refractivity contribution in [2.75, 3.05) is 0 Å². The zero-order valence-corrected chi connectivity index (χ0v) is 16.0. The summed E-state index contributed by atoms with van der Waals surface area (Å²) < 4.78 is 16.1. The van der Waals surface area contributed by atoms with Gasteiger partial charge in [-0.15, -0.1) is 0 Å². The molecule has 23 heavy (non-hydrogen) atoms. The first-order valence-corrected chi connectivity index (χ1v) is 10.7. The summed E-state index contributed by atoms with van der Waals surface area (Å²) in [4.78, 5) is 11.6. The third-order valence-electron chi connectivity index (χ3n) is 4.00. The molecule has 0 amide bonds. The molecule has 0 aromatic heterocycles. The molecule has 5 heteroatoms. The number of benzene rings is 1. The fourth-order valence-corrected chi connectivity index (χ4v) is 2.21. The van der Waals surface area contributed by atoms with Crippen LogP contribution in [-0.4, -0.2) is 20.6 Å². The molecule has 0 aliphatic rings. The predicted molar refractivity (Wildman–Crippen MR) is 94.6 cm³/mol. The summed E-state index contributed by atoms with van der Waals surface area (Å²) in [5, 5.41) is 0.135. The third kappa shape index (κ3) is 6.90. The smallest absolute Gasteiger partial charge is 0.509 e. The van der Waals surface area contributed by atoms with Crippen LogP contribution in [0.15, 0.2) is 42.7 Å². The van der Waals surface area contributed by atoms with Crippen molar-refractivity contribution in [1.29, 1.82) is 0 Å². The lowest BCUT2D eigenvalue weighted by Crippen LogP contribution is -2.39. The lowest BCUT2D eigenvalue weighted by molar-refractivity contribution is 0.0366. The van der Waals surface area contributed by atoms with Crippen LogP contribution in [0.4, 0.5) is 4.79 Å². The first-order chi connectivity index (χ1) is 10.6. The normalized spacial score (nSPS) is 13.7. The maximum atomic E-state index is 11.6. The van der Waals surface area contributed by atoms with E-state index < -0.39 is 20.6 Å². The standard InChI is InChI=1S/C18H28O4Si/c1-15(12-13-21-23(5,6)18(2,3)4)22-17(19)20-14-16-10-8-7-9-11-16/h7-13,15H,14H2,1-6H3. The minimum absolute atomic E-state index is 0.135. The Labute approximate surface area is 140 Å². The molecule has 1 atom stereocenters. The highest BCUT2D eigenvalue weighted by atomic mass is 28.4. The van der Waals surface area contributed by atoms with Crippen molar-refractivity contribution in [2.24, 2.45) is 0 Å². The monoisotopic (exact) mass is 336 g/mol. The van der Waals surface area contributed by atoms with Gasteiger partial charge in [0.1, 0.15) is 12.7 Å². The van der Waals surface area contributed by atoms with Gasteiger partial charge in [-0.3, -0.25) is 0 Å². The van der Waals surface area contributed by atoms with E-state index in [-0.39, 0.29) is 11.6 Å². The molecule has 0 N–H and O–H groups in total. The molecule has 0 saturated heterocycles. The fourth-order valence-electron chi connectivity index (χ4n) is 1.44. The highest BCUT2D eigenvalue weighted by Crippen LogP contribution is 2.36. The van der Waals surface area contributed by atoms with Crippen molar-refractivity contribution in [3.8, 4) is 0 Å². The SMILES string of the molecule is CC(C=CO[Si](C)(C)C(C)(C)C)OC(=O)OCc1ccccc1. The molecule has 0 spiro atoms. The second-order valence-corrected chi connectivity index (χ2v) is 11.8. The molecule has 0 bridgehead atoms. The number of hydrogen-bond donors (Lipinski definition) is 0. The van der Waals surface area contributed by atoms with E-state index in [0.29, 0.717) is 0 Å². The van der Waals surface area contributed by atoms with E-state index in [2.05, 4.69) is 33.9 Å². The Morgan fingerprint density at radius 2 is 1.83 bits per heavy atom. The second-order valence-electron chi connectivity index (χ2n) is 7.05. The van der Waals surface area contributed by atoms with Crippen molar-refractivity contribution in [3.63, 3.8) is 0 Å². The molecule has 1 rings (SSSR count). The van der Waals surface area contributed by atoms with E-state index >= 15 is 0 Å². The van der Waals surface area contributed by atoms with Gasteiger partial charge in [-0.05, 0) is 36.7 Å². The molecular weight excluding hydrogens is 308 g/mol. The molecule has 0 heterocycles. The van der Waals surface area contributed by atoms with Crippen molar-refractivity contribution in [3.05, 3.63) is 48.2 Å². The van der Waals surface area contributed by atoms with Gasteiger partial charge in [-0.2, -0.15) is 0 Å². The second kappa shape index (κ2) is 8.20. The molecule has 128 valence electrons. The van der Waals surface area contributed by atoms with Crippen LogP contribution in [0.25, 0.3) is 0 Å². The first-order valence-electron chi connectivity index (χ1n) is 7.83. The summed E-state index contributed by atoms with van der Waals surface area (Å²) in [6.07, 6.45) is 2.29. The quantitative estimate of drug-likeness (QED) is 0.403. The maximum absolute atomic E-state index is 11.6. The summed E-state index contributed by atoms with van der Waals surface area (Å²) in [6, 6.07) is 9.49. The van der Waals surface area contributed by atoms with Crippen molar-refractivity contribution in [1.82, 2.24) is 0 Å². The van der Waals surface area contributed by atoms with Gasteiger partial charge >= 0.3 is 6.16 Å². The van der Waals surface area contributed by atoms with Crippen LogP contribution in [0.5, 0.6) is 0 Å². The van der Waals surface area contributed by atoms with Gasteiger partial charge in [0.05, 0.1) is 6.26 Å². The lowest BCUT2D eigenvalue weighted by Gasteiger charge is -2.35. The highest BCUT2D eigenvalue weighted by molar-refractivity contribution is 6.74. The van der Waals surface area contributed by atoms with Crippen molar-refractivity contribution in [2.45, 2.75) is 58.5 Å². The largest absolute Gasteiger partial charge is 0.549 e. The Kier molecular flexibility index (Phi) is 6.88. The Morgan fingerprint density at radius 3 is 2.39 bits per heavy atom. The molecule has 0 fully saturated rings. The zero-order valence-electron chi connectivity index (χ0n) is 15.0. The average molecular weight is 337 g/mol.